The van der Waals surface area contributed by atoms with Crippen LogP contribution in [0.4, 0.5) is 0 Å². The molecule has 0 radical (unpaired) electrons. The Balaban J connectivity index is 2.84. The predicted octanol–water partition coefficient (Wildman–Crippen LogP) is 3.28. The zero-order valence-corrected chi connectivity index (χ0v) is 9.35. The first-order chi connectivity index (χ1) is 6.02. The fourth-order valence-corrected chi connectivity index (χ4v) is 2.37. The van der Waals surface area contributed by atoms with Gasteiger partial charge in [0.2, 0.25) is 0 Å². The van der Waals surface area contributed by atoms with Gasteiger partial charge in [0.15, 0.2) is 0 Å². The summed E-state index contributed by atoms with van der Waals surface area (Å²) < 4.78 is 0. The zero-order chi connectivity index (χ0) is 10.1. The van der Waals surface area contributed by atoms with Crippen LogP contribution in [0.2, 0.25) is 0 Å². The van der Waals surface area contributed by atoms with Gasteiger partial charge in [0.25, 0.3) is 0 Å². The van der Waals surface area contributed by atoms with Crippen molar-refractivity contribution in [3.63, 3.8) is 0 Å². The van der Waals surface area contributed by atoms with Gasteiger partial charge in [-0.1, -0.05) is 18.1 Å². The minimum absolute atomic E-state index is 0.166. The quantitative estimate of drug-likeness (QED) is 0.650. The lowest BCUT2D eigenvalue weighted by molar-refractivity contribution is 0.0238. The summed E-state index contributed by atoms with van der Waals surface area (Å²) in [6.07, 6.45) is 4.34. The third kappa shape index (κ3) is 1.96. The van der Waals surface area contributed by atoms with Crippen LogP contribution in [0.25, 0.3) is 0 Å². The van der Waals surface area contributed by atoms with Crippen LogP contribution in [0, 0.1) is 5.41 Å². The Morgan fingerprint density at radius 1 is 1.38 bits per heavy atom. The van der Waals surface area contributed by atoms with Crippen LogP contribution in [0.5, 0.6) is 0 Å². The monoisotopic (exact) mass is 182 g/mol. The number of allylic oxidation sites excluding steroid dienone is 2. The molecule has 0 fully saturated rings. The second-order valence-corrected chi connectivity index (χ2v) is 4.63. The molecule has 0 aromatic heterocycles. The molecule has 0 heterocycles. The summed E-state index contributed by atoms with van der Waals surface area (Å²) in [6.45, 7) is 8.57. The van der Waals surface area contributed by atoms with Crippen molar-refractivity contribution in [3.8, 4) is 0 Å². The van der Waals surface area contributed by atoms with E-state index in [0.29, 0.717) is 0 Å². The molecule has 1 aliphatic rings. The van der Waals surface area contributed by atoms with E-state index >= 15 is 0 Å². The lowest BCUT2D eigenvalue weighted by Crippen LogP contribution is -2.35. The van der Waals surface area contributed by atoms with E-state index in [1.807, 2.05) is 6.92 Å². The highest BCUT2D eigenvalue weighted by Crippen LogP contribution is 2.44. The highest BCUT2D eigenvalue weighted by Gasteiger charge is 2.35. The Morgan fingerprint density at radius 3 is 2.38 bits per heavy atom. The predicted molar refractivity (Wildman–Crippen MR) is 56.6 cm³/mol. The summed E-state index contributed by atoms with van der Waals surface area (Å²) >= 11 is 0. The maximum absolute atomic E-state index is 9.81. The van der Waals surface area contributed by atoms with E-state index in [1.54, 1.807) is 0 Å². The largest absolute Gasteiger partial charge is 0.393 e. The van der Waals surface area contributed by atoms with Gasteiger partial charge >= 0.3 is 0 Å². The van der Waals surface area contributed by atoms with Crippen LogP contribution in [-0.4, -0.2) is 11.2 Å². The van der Waals surface area contributed by atoms with Crippen molar-refractivity contribution in [1.29, 1.82) is 0 Å². The normalized spacial score (nSPS) is 32.1. The van der Waals surface area contributed by atoms with Crippen LogP contribution in [0.3, 0.4) is 0 Å². The molecule has 1 aliphatic carbocycles. The average Bonchev–Trinajstić information content (AvgIpc) is 2.09. The lowest BCUT2D eigenvalue weighted by Gasteiger charge is -2.40. The molecule has 1 heteroatoms. The Hall–Kier alpha value is -0.300. The van der Waals surface area contributed by atoms with Gasteiger partial charge < -0.3 is 5.11 Å². The first kappa shape index (κ1) is 10.8. The third-order valence-electron chi connectivity index (χ3n) is 3.93. The minimum Gasteiger partial charge on any atom is -0.393 e. The van der Waals surface area contributed by atoms with Gasteiger partial charge in [0.1, 0.15) is 0 Å². The van der Waals surface area contributed by atoms with E-state index in [1.165, 1.54) is 17.6 Å². The first-order valence-corrected chi connectivity index (χ1v) is 5.35. The van der Waals surface area contributed by atoms with Gasteiger partial charge in [-0.3, -0.25) is 0 Å². The summed E-state index contributed by atoms with van der Waals surface area (Å²) in [5, 5.41) is 9.81. The SMILES string of the molecule is CC[C@@]1([C@H](C)O)CCC(C)=C(C)C1. The Morgan fingerprint density at radius 2 is 2.00 bits per heavy atom. The van der Waals surface area contributed by atoms with Gasteiger partial charge in [0.05, 0.1) is 6.10 Å². The highest BCUT2D eigenvalue weighted by atomic mass is 16.3. The molecule has 0 saturated carbocycles. The van der Waals surface area contributed by atoms with E-state index in [4.69, 9.17) is 0 Å². The van der Waals surface area contributed by atoms with Crippen molar-refractivity contribution in [2.75, 3.05) is 0 Å². The first-order valence-electron chi connectivity index (χ1n) is 5.35. The molecule has 2 atom stereocenters. The molecular formula is C12H22O. The molecule has 1 N–H and O–H groups in total. The van der Waals surface area contributed by atoms with Crippen molar-refractivity contribution in [3.05, 3.63) is 11.1 Å². The summed E-state index contributed by atoms with van der Waals surface area (Å²) in [5.41, 5.74) is 3.20. The molecule has 1 nitrogen and oxygen atoms in total. The van der Waals surface area contributed by atoms with Gasteiger partial charge in [-0.25, -0.2) is 0 Å². The number of aliphatic hydroxyl groups excluding tert-OH is 1. The lowest BCUT2D eigenvalue weighted by atomic mass is 9.67. The summed E-state index contributed by atoms with van der Waals surface area (Å²) in [7, 11) is 0. The standard InChI is InChI=1S/C12H22O/c1-5-12(11(4)13)7-6-9(2)10(3)8-12/h11,13H,5-8H2,1-4H3/t11-,12+/m0/s1. The highest BCUT2D eigenvalue weighted by molar-refractivity contribution is 5.17. The smallest absolute Gasteiger partial charge is 0.0571 e. The van der Waals surface area contributed by atoms with Gasteiger partial charge in [-0.2, -0.15) is 0 Å². The molecule has 0 bridgehead atoms. The number of hydrogen-bond acceptors (Lipinski definition) is 1. The molecule has 0 saturated heterocycles. The molecule has 1 rings (SSSR count). The van der Waals surface area contributed by atoms with Crippen LogP contribution < -0.4 is 0 Å². The van der Waals surface area contributed by atoms with Crippen LogP contribution in [0.1, 0.15) is 53.4 Å². The number of rotatable bonds is 2. The number of hydrogen-bond donors (Lipinski definition) is 1. The summed E-state index contributed by atoms with van der Waals surface area (Å²) in [6, 6.07) is 0. The maximum atomic E-state index is 9.81. The minimum atomic E-state index is -0.166. The van der Waals surface area contributed by atoms with Crippen molar-refractivity contribution < 1.29 is 5.11 Å². The van der Waals surface area contributed by atoms with Crippen LogP contribution in [-0.2, 0) is 0 Å². The van der Waals surface area contributed by atoms with E-state index in [-0.39, 0.29) is 11.5 Å². The van der Waals surface area contributed by atoms with Gasteiger partial charge in [0, 0.05) is 0 Å². The number of aliphatic hydroxyl groups is 1. The molecule has 0 spiro atoms. The fourth-order valence-electron chi connectivity index (χ4n) is 2.37. The van der Waals surface area contributed by atoms with Gasteiger partial charge in [-0.15, -0.1) is 0 Å². The molecule has 76 valence electrons. The molecule has 0 aromatic rings. The van der Waals surface area contributed by atoms with E-state index in [9.17, 15) is 5.11 Å². The molecule has 0 aliphatic heterocycles. The molecule has 13 heavy (non-hydrogen) atoms. The molecule has 0 unspecified atom stereocenters. The Labute approximate surface area is 81.9 Å². The average molecular weight is 182 g/mol. The fraction of sp³-hybridized carbons (Fsp3) is 0.833. The molecular weight excluding hydrogens is 160 g/mol. The third-order valence-corrected chi connectivity index (χ3v) is 3.93. The van der Waals surface area contributed by atoms with Crippen LogP contribution in [0.15, 0.2) is 11.1 Å². The van der Waals surface area contributed by atoms with Crippen LogP contribution >= 0.6 is 0 Å². The second-order valence-electron chi connectivity index (χ2n) is 4.63. The van der Waals surface area contributed by atoms with Crippen molar-refractivity contribution in [2.45, 2.75) is 59.5 Å². The molecule has 0 aromatic carbocycles. The summed E-state index contributed by atoms with van der Waals surface area (Å²) in [5.74, 6) is 0. The van der Waals surface area contributed by atoms with Crippen molar-refractivity contribution in [1.82, 2.24) is 0 Å². The Kier molecular flexibility index (Phi) is 3.18. The van der Waals surface area contributed by atoms with Crippen molar-refractivity contribution in [2.24, 2.45) is 5.41 Å². The second kappa shape index (κ2) is 3.83. The zero-order valence-electron chi connectivity index (χ0n) is 9.35. The van der Waals surface area contributed by atoms with E-state index in [0.717, 1.165) is 19.3 Å². The van der Waals surface area contributed by atoms with Crippen molar-refractivity contribution >= 4 is 0 Å². The van der Waals surface area contributed by atoms with Gasteiger partial charge in [-0.05, 0) is 51.9 Å². The maximum Gasteiger partial charge on any atom is 0.0571 e. The Bertz CT molecular complexity index is 215. The topological polar surface area (TPSA) is 20.2 Å². The summed E-state index contributed by atoms with van der Waals surface area (Å²) in [4.78, 5) is 0. The van der Waals surface area contributed by atoms with E-state index < -0.39 is 0 Å². The molecule has 0 amide bonds. The van der Waals surface area contributed by atoms with E-state index in [2.05, 4.69) is 20.8 Å².